The molecule has 1 aliphatic rings. The minimum atomic E-state index is -0.379. The molecule has 0 spiro atoms. The van der Waals surface area contributed by atoms with Crippen LogP contribution in [0.1, 0.15) is 26.7 Å². The van der Waals surface area contributed by atoms with Crippen molar-refractivity contribution in [2.24, 2.45) is 11.8 Å². The van der Waals surface area contributed by atoms with Crippen LogP contribution < -0.4 is 5.32 Å². The second kappa shape index (κ2) is 7.81. The molecule has 1 aromatic carbocycles. The number of carbonyl (C=O) groups excluding carboxylic acids is 2. The standard InChI is InChI=1S/C18H24N2O3/c1-3-20(4-2)18(23)16-11-6-5-10-15(16)17(22)19-13-8-7-9-14(21)12-13/h5-9,12,15-16,21H,3-4,10-11H2,1-2H3,(H,19,22). The first-order valence-electron chi connectivity index (χ1n) is 8.10. The number of anilines is 1. The van der Waals surface area contributed by atoms with E-state index in [-0.39, 0.29) is 29.4 Å². The topological polar surface area (TPSA) is 69.6 Å². The number of hydrogen-bond donors (Lipinski definition) is 2. The first-order chi connectivity index (χ1) is 11.1. The Morgan fingerprint density at radius 1 is 1.17 bits per heavy atom. The summed E-state index contributed by atoms with van der Waals surface area (Å²) in [4.78, 5) is 27.0. The summed E-state index contributed by atoms with van der Waals surface area (Å²) in [5, 5.41) is 12.3. The maximum Gasteiger partial charge on any atom is 0.228 e. The van der Waals surface area contributed by atoms with Gasteiger partial charge in [0.1, 0.15) is 5.75 Å². The fraction of sp³-hybridized carbons (Fsp3) is 0.444. The van der Waals surface area contributed by atoms with Crippen LogP contribution in [0.5, 0.6) is 5.75 Å². The minimum Gasteiger partial charge on any atom is -0.508 e. The van der Waals surface area contributed by atoms with Gasteiger partial charge in [0, 0.05) is 24.8 Å². The van der Waals surface area contributed by atoms with E-state index in [1.807, 2.05) is 26.0 Å². The van der Waals surface area contributed by atoms with Gasteiger partial charge in [0.15, 0.2) is 0 Å². The van der Waals surface area contributed by atoms with E-state index in [0.717, 1.165) is 0 Å². The molecule has 23 heavy (non-hydrogen) atoms. The minimum absolute atomic E-state index is 0.0374. The smallest absolute Gasteiger partial charge is 0.228 e. The van der Waals surface area contributed by atoms with Crippen LogP contribution in [0.15, 0.2) is 36.4 Å². The second-order valence-electron chi connectivity index (χ2n) is 5.71. The number of amides is 2. The van der Waals surface area contributed by atoms with Gasteiger partial charge in [-0.1, -0.05) is 18.2 Å². The van der Waals surface area contributed by atoms with Crippen molar-refractivity contribution >= 4 is 17.5 Å². The van der Waals surface area contributed by atoms with Gasteiger partial charge in [-0.15, -0.1) is 0 Å². The number of carbonyl (C=O) groups is 2. The van der Waals surface area contributed by atoms with E-state index in [4.69, 9.17) is 0 Å². The summed E-state index contributed by atoms with van der Waals surface area (Å²) in [5.74, 6) is -0.740. The van der Waals surface area contributed by atoms with Crippen LogP contribution in [0.3, 0.4) is 0 Å². The molecule has 2 rings (SSSR count). The van der Waals surface area contributed by atoms with Crippen molar-refractivity contribution in [2.75, 3.05) is 18.4 Å². The molecular weight excluding hydrogens is 292 g/mol. The maximum atomic E-state index is 12.7. The monoisotopic (exact) mass is 316 g/mol. The van der Waals surface area contributed by atoms with Gasteiger partial charge >= 0.3 is 0 Å². The van der Waals surface area contributed by atoms with Gasteiger partial charge in [-0.25, -0.2) is 0 Å². The van der Waals surface area contributed by atoms with E-state index < -0.39 is 0 Å². The molecule has 2 unspecified atom stereocenters. The largest absolute Gasteiger partial charge is 0.508 e. The third-order valence-corrected chi connectivity index (χ3v) is 4.28. The molecule has 0 fully saturated rings. The summed E-state index contributed by atoms with van der Waals surface area (Å²) in [6, 6.07) is 6.44. The zero-order valence-electron chi connectivity index (χ0n) is 13.7. The first kappa shape index (κ1) is 17.1. The molecule has 0 heterocycles. The third kappa shape index (κ3) is 4.12. The summed E-state index contributed by atoms with van der Waals surface area (Å²) < 4.78 is 0. The van der Waals surface area contributed by atoms with Gasteiger partial charge in [-0.3, -0.25) is 9.59 Å². The zero-order valence-corrected chi connectivity index (χ0v) is 13.7. The van der Waals surface area contributed by atoms with Gasteiger partial charge in [0.25, 0.3) is 0 Å². The lowest BCUT2D eigenvalue weighted by Gasteiger charge is -2.31. The van der Waals surface area contributed by atoms with Crippen molar-refractivity contribution < 1.29 is 14.7 Å². The van der Waals surface area contributed by atoms with Crippen LogP contribution in [0, 0.1) is 11.8 Å². The van der Waals surface area contributed by atoms with E-state index in [9.17, 15) is 14.7 Å². The molecule has 0 aromatic heterocycles. The van der Waals surface area contributed by atoms with E-state index in [2.05, 4.69) is 5.32 Å². The molecule has 2 N–H and O–H groups in total. The van der Waals surface area contributed by atoms with Crippen molar-refractivity contribution in [3.8, 4) is 5.75 Å². The highest BCUT2D eigenvalue weighted by Crippen LogP contribution is 2.29. The Hall–Kier alpha value is -2.30. The predicted octanol–water partition coefficient (Wildman–Crippen LogP) is 2.78. The quantitative estimate of drug-likeness (QED) is 0.821. The molecule has 0 saturated carbocycles. The number of phenolic OH excluding ortho intramolecular Hbond substituents is 1. The molecule has 2 amide bonds. The Kier molecular flexibility index (Phi) is 5.79. The summed E-state index contributed by atoms with van der Waals surface area (Å²) in [6.45, 7) is 5.19. The van der Waals surface area contributed by atoms with Crippen LogP contribution in [0.25, 0.3) is 0 Å². The van der Waals surface area contributed by atoms with Crippen molar-refractivity contribution in [2.45, 2.75) is 26.7 Å². The lowest BCUT2D eigenvalue weighted by molar-refractivity contribution is -0.140. The first-order valence-corrected chi connectivity index (χ1v) is 8.10. The summed E-state index contributed by atoms with van der Waals surface area (Å²) in [6.07, 6.45) is 5.08. The van der Waals surface area contributed by atoms with Crippen LogP contribution in [-0.2, 0) is 9.59 Å². The summed E-state index contributed by atoms with van der Waals surface area (Å²) in [5.41, 5.74) is 0.540. The predicted molar refractivity (Wildman–Crippen MR) is 90.0 cm³/mol. The Labute approximate surface area is 137 Å². The third-order valence-electron chi connectivity index (χ3n) is 4.28. The highest BCUT2D eigenvalue weighted by atomic mass is 16.3. The molecule has 1 aliphatic carbocycles. The van der Waals surface area contributed by atoms with E-state index >= 15 is 0 Å². The summed E-state index contributed by atoms with van der Waals surface area (Å²) in [7, 11) is 0. The zero-order chi connectivity index (χ0) is 16.8. The van der Waals surface area contributed by atoms with Gasteiger partial charge in [-0.05, 0) is 38.8 Å². The van der Waals surface area contributed by atoms with Crippen molar-refractivity contribution in [1.29, 1.82) is 0 Å². The Balaban J connectivity index is 2.13. The number of aromatic hydroxyl groups is 1. The molecule has 0 saturated heterocycles. The fourth-order valence-corrected chi connectivity index (χ4v) is 2.97. The molecule has 1 aromatic rings. The number of nitrogens with zero attached hydrogens (tertiary/aromatic N) is 1. The average Bonchev–Trinajstić information content (AvgIpc) is 2.56. The van der Waals surface area contributed by atoms with Crippen LogP contribution in [-0.4, -0.2) is 34.9 Å². The SMILES string of the molecule is CCN(CC)C(=O)C1CC=CCC1C(=O)Nc1cccc(O)c1. The number of rotatable bonds is 5. The lowest BCUT2D eigenvalue weighted by atomic mass is 9.81. The second-order valence-corrected chi connectivity index (χ2v) is 5.71. The van der Waals surface area contributed by atoms with Gasteiger partial charge < -0.3 is 15.3 Å². The molecule has 0 bridgehead atoms. The number of nitrogens with one attached hydrogen (secondary N) is 1. The Morgan fingerprint density at radius 3 is 2.43 bits per heavy atom. The molecule has 124 valence electrons. The highest BCUT2D eigenvalue weighted by molar-refractivity contribution is 5.96. The fourth-order valence-electron chi connectivity index (χ4n) is 2.97. The van der Waals surface area contributed by atoms with Crippen molar-refractivity contribution in [3.05, 3.63) is 36.4 Å². The van der Waals surface area contributed by atoms with E-state index in [0.29, 0.717) is 31.6 Å². The molecule has 2 atom stereocenters. The number of hydrogen-bond acceptors (Lipinski definition) is 3. The van der Waals surface area contributed by atoms with Crippen LogP contribution in [0.2, 0.25) is 0 Å². The van der Waals surface area contributed by atoms with Crippen LogP contribution >= 0.6 is 0 Å². The van der Waals surface area contributed by atoms with Crippen molar-refractivity contribution in [3.63, 3.8) is 0 Å². The average molecular weight is 316 g/mol. The normalized spacial score (nSPS) is 20.1. The summed E-state index contributed by atoms with van der Waals surface area (Å²) >= 11 is 0. The highest BCUT2D eigenvalue weighted by Gasteiger charge is 2.35. The lowest BCUT2D eigenvalue weighted by Crippen LogP contribution is -2.43. The Morgan fingerprint density at radius 2 is 1.83 bits per heavy atom. The molecule has 5 heteroatoms. The van der Waals surface area contributed by atoms with Gasteiger partial charge in [-0.2, -0.15) is 0 Å². The molecule has 0 aliphatic heterocycles. The maximum absolute atomic E-state index is 12.7. The Bertz CT molecular complexity index is 594. The van der Waals surface area contributed by atoms with E-state index in [1.165, 1.54) is 6.07 Å². The van der Waals surface area contributed by atoms with Crippen LogP contribution in [0.4, 0.5) is 5.69 Å². The molecular formula is C18H24N2O3. The molecule has 5 nitrogen and oxygen atoms in total. The number of phenols is 1. The van der Waals surface area contributed by atoms with Gasteiger partial charge in [0.05, 0.1) is 11.8 Å². The van der Waals surface area contributed by atoms with Gasteiger partial charge in [0.2, 0.25) is 11.8 Å². The molecule has 0 radical (unpaired) electrons. The number of allylic oxidation sites excluding steroid dienone is 2. The van der Waals surface area contributed by atoms with Crippen molar-refractivity contribution in [1.82, 2.24) is 4.90 Å². The number of benzene rings is 1. The van der Waals surface area contributed by atoms with E-state index in [1.54, 1.807) is 23.1 Å².